The van der Waals surface area contributed by atoms with Crippen molar-refractivity contribution < 1.29 is 9.59 Å². The summed E-state index contributed by atoms with van der Waals surface area (Å²) >= 11 is 0. The zero-order valence-electron chi connectivity index (χ0n) is 9.93. The Kier molecular flexibility index (Phi) is 3.08. The van der Waals surface area contributed by atoms with Gasteiger partial charge < -0.3 is 10.2 Å². The van der Waals surface area contributed by atoms with Crippen LogP contribution in [0.15, 0.2) is 18.2 Å². The van der Waals surface area contributed by atoms with E-state index in [1.54, 1.807) is 6.92 Å². The molecule has 0 saturated carbocycles. The summed E-state index contributed by atoms with van der Waals surface area (Å²) in [5, 5.41) is 2.61. The Hall–Kier alpha value is -1.91. The second kappa shape index (κ2) is 4.53. The number of rotatable bonds is 2. The zero-order chi connectivity index (χ0) is 12.4. The van der Waals surface area contributed by atoms with Crippen molar-refractivity contribution in [2.75, 3.05) is 6.54 Å². The fourth-order valence-electron chi connectivity index (χ4n) is 1.89. The van der Waals surface area contributed by atoms with E-state index < -0.39 is 6.04 Å². The van der Waals surface area contributed by atoms with Gasteiger partial charge in [-0.25, -0.2) is 0 Å². The van der Waals surface area contributed by atoms with Gasteiger partial charge >= 0.3 is 0 Å². The van der Waals surface area contributed by atoms with Crippen LogP contribution in [0.4, 0.5) is 0 Å². The minimum Gasteiger partial charge on any atom is -0.343 e. The number of nitrogens with one attached hydrogen (secondary N) is 1. The number of hydrogen-bond donors (Lipinski definition) is 1. The summed E-state index contributed by atoms with van der Waals surface area (Å²) in [5.74, 6) is -0.183. The number of carbonyl (C=O) groups is 2. The van der Waals surface area contributed by atoms with Crippen molar-refractivity contribution in [1.29, 1.82) is 0 Å². The molecule has 1 saturated heterocycles. The van der Waals surface area contributed by atoms with Crippen LogP contribution in [0, 0.1) is 6.92 Å². The van der Waals surface area contributed by atoms with Crippen molar-refractivity contribution >= 4 is 11.8 Å². The Labute approximate surface area is 99.8 Å². The van der Waals surface area contributed by atoms with Gasteiger partial charge in [0.1, 0.15) is 12.6 Å². The lowest BCUT2D eigenvalue weighted by Crippen LogP contribution is -2.56. The first kappa shape index (κ1) is 11.6. The van der Waals surface area contributed by atoms with E-state index in [9.17, 15) is 9.59 Å². The lowest BCUT2D eigenvalue weighted by Gasteiger charge is -2.30. The van der Waals surface area contributed by atoms with Gasteiger partial charge in [-0.2, -0.15) is 0 Å². The summed E-state index contributed by atoms with van der Waals surface area (Å²) in [4.78, 5) is 29.1. The fraction of sp³-hybridized carbons (Fsp3) is 0.417. The Morgan fingerprint density at radius 3 is 2.94 bits per heavy atom. The van der Waals surface area contributed by atoms with Gasteiger partial charge in [0.05, 0.1) is 12.2 Å². The second-order valence-corrected chi connectivity index (χ2v) is 4.25. The maximum atomic E-state index is 11.8. The molecule has 2 heterocycles. The summed E-state index contributed by atoms with van der Waals surface area (Å²) in [6.45, 7) is 4.09. The Morgan fingerprint density at radius 2 is 2.24 bits per heavy atom. The molecule has 1 N–H and O–H groups in total. The molecule has 90 valence electrons. The molecule has 1 atom stereocenters. The van der Waals surface area contributed by atoms with Gasteiger partial charge in [-0.3, -0.25) is 14.6 Å². The predicted octanol–water partition coefficient (Wildman–Crippen LogP) is 0.237. The molecule has 1 aliphatic heterocycles. The van der Waals surface area contributed by atoms with Gasteiger partial charge in [0, 0.05) is 5.69 Å². The van der Waals surface area contributed by atoms with Gasteiger partial charge in [0.2, 0.25) is 11.8 Å². The van der Waals surface area contributed by atoms with Crippen LogP contribution in [-0.4, -0.2) is 34.3 Å². The van der Waals surface area contributed by atoms with Crippen molar-refractivity contribution in [3.63, 3.8) is 0 Å². The maximum Gasteiger partial charge on any atom is 0.245 e. The maximum absolute atomic E-state index is 11.8. The van der Waals surface area contributed by atoms with Gasteiger partial charge in [-0.15, -0.1) is 0 Å². The van der Waals surface area contributed by atoms with Crippen molar-refractivity contribution in [2.24, 2.45) is 0 Å². The van der Waals surface area contributed by atoms with Crippen LogP contribution in [0.5, 0.6) is 0 Å². The molecule has 1 aromatic heterocycles. The third-order valence-corrected chi connectivity index (χ3v) is 2.69. The number of hydrogen-bond acceptors (Lipinski definition) is 3. The van der Waals surface area contributed by atoms with Gasteiger partial charge in [0.25, 0.3) is 0 Å². The highest BCUT2D eigenvalue weighted by atomic mass is 16.2. The Balaban J connectivity index is 2.12. The lowest BCUT2D eigenvalue weighted by molar-refractivity contribution is -0.144. The van der Waals surface area contributed by atoms with Gasteiger partial charge in [0.15, 0.2) is 0 Å². The molecule has 0 radical (unpaired) electrons. The van der Waals surface area contributed by atoms with Crippen LogP contribution in [0.1, 0.15) is 18.3 Å². The number of amides is 2. The third-order valence-electron chi connectivity index (χ3n) is 2.69. The van der Waals surface area contributed by atoms with Crippen molar-refractivity contribution in [3.8, 4) is 0 Å². The number of piperazine rings is 1. The molecule has 0 aromatic carbocycles. The molecular formula is C12H15N3O2. The zero-order valence-corrected chi connectivity index (χ0v) is 9.93. The first-order valence-electron chi connectivity index (χ1n) is 5.57. The number of pyridine rings is 1. The van der Waals surface area contributed by atoms with Crippen LogP contribution in [0.2, 0.25) is 0 Å². The highest BCUT2D eigenvalue weighted by molar-refractivity contribution is 5.94. The van der Waals surface area contributed by atoms with E-state index in [0.717, 1.165) is 11.4 Å². The van der Waals surface area contributed by atoms with E-state index in [2.05, 4.69) is 10.3 Å². The minimum absolute atomic E-state index is 0.0621. The first-order chi connectivity index (χ1) is 8.06. The van der Waals surface area contributed by atoms with Crippen LogP contribution < -0.4 is 5.32 Å². The molecule has 0 aliphatic carbocycles. The average Bonchev–Trinajstić information content (AvgIpc) is 2.25. The van der Waals surface area contributed by atoms with Crippen LogP contribution in [0.25, 0.3) is 0 Å². The highest BCUT2D eigenvalue weighted by Gasteiger charge is 2.29. The summed E-state index contributed by atoms with van der Waals surface area (Å²) in [6.07, 6.45) is 0. The number of nitrogens with zero attached hydrogens (tertiary/aromatic N) is 2. The molecular weight excluding hydrogens is 218 g/mol. The minimum atomic E-state index is -0.443. The molecule has 5 heteroatoms. The topological polar surface area (TPSA) is 62.3 Å². The molecule has 0 spiro atoms. The molecule has 1 aromatic rings. The monoisotopic (exact) mass is 233 g/mol. The normalized spacial score (nSPS) is 20.4. The van der Waals surface area contributed by atoms with E-state index in [0.29, 0.717) is 6.54 Å². The summed E-state index contributed by atoms with van der Waals surface area (Å²) < 4.78 is 0. The molecule has 5 nitrogen and oxygen atoms in total. The second-order valence-electron chi connectivity index (χ2n) is 4.25. The first-order valence-corrected chi connectivity index (χ1v) is 5.57. The number of aromatic nitrogens is 1. The molecule has 2 amide bonds. The molecule has 1 aliphatic rings. The fourth-order valence-corrected chi connectivity index (χ4v) is 1.89. The summed E-state index contributed by atoms with van der Waals surface area (Å²) in [5.41, 5.74) is 1.71. The number of carbonyl (C=O) groups excluding carboxylic acids is 2. The SMILES string of the molecule is Cc1cccc(CN2CC(=O)NC(C)C2=O)n1. The summed E-state index contributed by atoms with van der Waals surface area (Å²) in [7, 11) is 0. The number of aryl methyl sites for hydroxylation is 1. The molecule has 2 rings (SSSR count). The van der Waals surface area contributed by atoms with Crippen molar-refractivity contribution in [2.45, 2.75) is 26.4 Å². The predicted molar refractivity (Wildman–Crippen MR) is 62.0 cm³/mol. The Bertz CT molecular complexity index is 459. The van der Waals surface area contributed by atoms with Gasteiger partial charge in [-0.05, 0) is 26.0 Å². The van der Waals surface area contributed by atoms with Crippen LogP contribution in [-0.2, 0) is 16.1 Å². The lowest BCUT2D eigenvalue weighted by atomic mass is 10.2. The van der Waals surface area contributed by atoms with Crippen molar-refractivity contribution in [3.05, 3.63) is 29.6 Å². The quantitative estimate of drug-likeness (QED) is 0.795. The van der Waals surface area contributed by atoms with Gasteiger partial charge in [-0.1, -0.05) is 6.07 Å². The molecule has 0 bridgehead atoms. The molecule has 17 heavy (non-hydrogen) atoms. The van der Waals surface area contributed by atoms with Crippen LogP contribution >= 0.6 is 0 Å². The van der Waals surface area contributed by atoms with E-state index in [1.165, 1.54) is 4.90 Å². The largest absolute Gasteiger partial charge is 0.343 e. The molecule has 1 fully saturated rings. The Morgan fingerprint density at radius 1 is 1.47 bits per heavy atom. The smallest absolute Gasteiger partial charge is 0.245 e. The average molecular weight is 233 g/mol. The van der Waals surface area contributed by atoms with E-state index in [-0.39, 0.29) is 18.4 Å². The van der Waals surface area contributed by atoms with E-state index in [4.69, 9.17) is 0 Å². The molecule has 1 unspecified atom stereocenters. The standard InChI is InChI=1S/C12H15N3O2/c1-8-4-3-5-10(13-8)6-15-7-11(16)14-9(2)12(15)17/h3-5,9H,6-7H2,1-2H3,(H,14,16). The highest BCUT2D eigenvalue weighted by Crippen LogP contribution is 2.08. The third kappa shape index (κ3) is 2.61. The summed E-state index contributed by atoms with van der Waals surface area (Å²) in [6, 6.07) is 5.21. The van der Waals surface area contributed by atoms with E-state index >= 15 is 0 Å². The van der Waals surface area contributed by atoms with E-state index in [1.807, 2.05) is 25.1 Å². The van der Waals surface area contributed by atoms with Crippen LogP contribution in [0.3, 0.4) is 0 Å². The van der Waals surface area contributed by atoms with Crippen molar-refractivity contribution in [1.82, 2.24) is 15.2 Å².